The number of carboxylic acid groups (broad SMARTS) is 1. The Bertz CT molecular complexity index is 742. The third-order valence-electron chi connectivity index (χ3n) is 3.78. The number of ether oxygens (including phenoxy) is 2. The minimum Gasteiger partial charge on any atom is -0.493 e. The average molecular weight is 392 g/mol. The lowest BCUT2D eigenvalue weighted by Gasteiger charge is -2.13. The maximum absolute atomic E-state index is 11.1. The van der Waals surface area contributed by atoms with Gasteiger partial charge in [0, 0.05) is 25.7 Å². The van der Waals surface area contributed by atoms with Gasteiger partial charge in [0.2, 0.25) is 11.1 Å². The van der Waals surface area contributed by atoms with Gasteiger partial charge >= 0.3 is 5.97 Å². The zero-order valence-corrected chi connectivity index (χ0v) is 16.2. The molecule has 0 saturated carbocycles. The molecule has 6 nitrogen and oxygen atoms in total. The van der Waals surface area contributed by atoms with Gasteiger partial charge in [-0.25, -0.2) is 9.00 Å². The second-order valence-electron chi connectivity index (χ2n) is 5.86. The van der Waals surface area contributed by atoms with E-state index in [1.54, 1.807) is 19.1 Å². The standard InChI is InChI=1S/C20H24O6S/c1-3-24-19(20(21)22)14-16-6-8-17(9-7-16)25-13-12-15-4-10-18(11-5-15)26-27(2)23/h4-11,19H,3,12-14H2,1-2H3,(H,21,22)/t19-,27?/m0/s1. The summed E-state index contributed by atoms with van der Waals surface area (Å²) in [5.74, 6) is 0.338. The van der Waals surface area contributed by atoms with Crippen molar-refractivity contribution in [3.05, 3.63) is 59.7 Å². The van der Waals surface area contributed by atoms with Crippen LogP contribution in [0.2, 0.25) is 0 Å². The van der Waals surface area contributed by atoms with Crippen LogP contribution in [0.25, 0.3) is 0 Å². The highest BCUT2D eigenvalue weighted by atomic mass is 32.2. The van der Waals surface area contributed by atoms with Crippen molar-refractivity contribution in [1.29, 1.82) is 0 Å². The SMILES string of the molecule is CCO[C@@H](Cc1ccc(OCCc2ccc(OS(C)=O)cc2)cc1)C(=O)O. The molecule has 27 heavy (non-hydrogen) atoms. The van der Waals surface area contributed by atoms with Crippen LogP contribution in [-0.4, -0.2) is 40.9 Å². The summed E-state index contributed by atoms with van der Waals surface area (Å²) in [4.78, 5) is 11.1. The summed E-state index contributed by atoms with van der Waals surface area (Å²) in [5.41, 5.74) is 1.97. The van der Waals surface area contributed by atoms with Crippen LogP contribution in [-0.2, 0) is 33.5 Å². The Hall–Kier alpha value is -2.38. The maximum atomic E-state index is 11.1. The van der Waals surface area contributed by atoms with Crippen molar-refractivity contribution in [2.24, 2.45) is 0 Å². The zero-order valence-electron chi connectivity index (χ0n) is 15.4. The van der Waals surface area contributed by atoms with Crippen LogP contribution in [0.5, 0.6) is 11.5 Å². The van der Waals surface area contributed by atoms with E-state index in [-0.39, 0.29) is 0 Å². The summed E-state index contributed by atoms with van der Waals surface area (Å²) >= 11 is -1.33. The fourth-order valence-corrected chi connectivity index (χ4v) is 2.87. The van der Waals surface area contributed by atoms with Crippen molar-refractivity contribution in [2.75, 3.05) is 19.5 Å². The number of carboxylic acids is 1. The maximum Gasteiger partial charge on any atom is 0.333 e. The molecular formula is C20H24O6S. The molecule has 2 aromatic carbocycles. The first kappa shape index (κ1) is 20.9. The minimum atomic E-state index is -1.33. The van der Waals surface area contributed by atoms with Crippen LogP contribution in [0.4, 0.5) is 0 Å². The van der Waals surface area contributed by atoms with E-state index in [2.05, 4.69) is 0 Å². The number of benzene rings is 2. The molecule has 0 spiro atoms. The Morgan fingerprint density at radius 2 is 1.63 bits per heavy atom. The Kier molecular flexibility index (Phi) is 8.29. The van der Waals surface area contributed by atoms with Gasteiger partial charge in [-0.2, -0.15) is 0 Å². The lowest BCUT2D eigenvalue weighted by Crippen LogP contribution is -2.26. The third kappa shape index (κ3) is 7.40. The molecule has 2 atom stereocenters. The molecule has 0 radical (unpaired) electrons. The van der Waals surface area contributed by atoms with Crippen molar-refractivity contribution in [3.8, 4) is 11.5 Å². The van der Waals surface area contributed by atoms with Gasteiger partial charge in [0.05, 0.1) is 6.61 Å². The van der Waals surface area contributed by atoms with Crippen LogP contribution < -0.4 is 8.92 Å². The fourth-order valence-electron chi connectivity index (χ4n) is 2.49. The Balaban J connectivity index is 1.81. The molecule has 0 aromatic heterocycles. The number of hydrogen-bond donors (Lipinski definition) is 1. The lowest BCUT2D eigenvalue weighted by molar-refractivity contribution is -0.149. The molecule has 0 saturated heterocycles. The van der Waals surface area contributed by atoms with Crippen LogP contribution >= 0.6 is 0 Å². The van der Waals surface area contributed by atoms with Gasteiger partial charge in [0.15, 0.2) is 6.10 Å². The van der Waals surface area contributed by atoms with Crippen LogP contribution in [0.3, 0.4) is 0 Å². The molecular weight excluding hydrogens is 368 g/mol. The lowest BCUT2D eigenvalue weighted by atomic mass is 10.1. The number of carbonyl (C=O) groups is 1. The van der Waals surface area contributed by atoms with E-state index >= 15 is 0 Å². The van der Waals surface area contributed by atoms with Gasteiger partial charge in [-0.15, -0.1) is 0 Å². The Morgan fingerprint density at radius 1 is 1.04 bits per heavy atom. The van der Waals surface area contributed by atoms with Crippen molar-refractivity contribution in [1.82, 2.24) is 0 Å². The summed E-state index contributed by atoms with van der Waals surface area (Å²) in [7, 11) is 0. The quantitative estimate of drug-likeness (QED) is 0.633. The summed E-state index contributed by atoms with van der Waals surface area (Å²) in [6.07, 6.45) is 1.69. The van der Waals surface area contributed by atoms with Crippen molar-refractivity contribution in [3.63, 3.8) is 0 Å². The number of hydrogen-bond acceptors (Lipinski definition) is 5. The summed E-state index contributed by atoms with van der Waals surface area (Å²) in [6.45, 7) is 2.65. The van der Waals surface area contributed by atoms with Gasteiger partial charge in [0.1, 0.15) is 11.5 Å². The molecule has 0 aliphatic heterocycles. The molecule has 0 bridgehead atoms. The monoisotopic (exact) mass is 392 g/mol. The van der Waals surface area contributed by atoms with Crippen LogP contribution in [0.15, 0.2) is 48.5 Å². The predicted octanol–water partition coefficient (Wildman–Crippen LogP) is 3.01. The molecule has 1 unspecified atom stereocenters. The van der Waals surface area contributed by atoms with Gasteiger partial charge in [-0.1, -0.05) is 24.3 Å². The van der Waals surface area contributed by atoms with E-state index < -0.39 is 23.2 Å². The zero-order chi connectivity index (χ0) is 19.6. The minimum absolute atomic E-state index is 0.320. The first-order valence-electron chi connectivity index (χ1n) is 8.64. The second-order valence-corrected chi connectivity index (χ2v) is 6.83. The highest BCUT2D eigenvalue weighted by Gasteiger charge is 2.17. The normalized spacial score (nSPS) is 13.0. The highest BCUT2D eigenvalue weighted by Crippen LogP contribution is 2.16. The van der Waals surface area contributed by atoms with E-state index in [1.807, 2.05) is 36.4 Å². The van der Waals surface area contributed by atoms with Gasteiger partial charge in [-0.3, -0.25) is 0 Å². The van der Waals surface area contributed by atoms with Crippen LogP contribution in [0.1, 0.15) is 18.1 Å². The summed E-state index contributed by atoms with van der Waals surface area (Å²) in [6, 6.07) is 14.7. The van der Waals surface area contributed by atoms with Crippen molar-refractivity contribution in [2.45, 2.75) is 25.9 Å². The molecule has 0 amide bonds. The van der Waals surface area contributed by atoms with Gasteiger partial charge in [-0.05, 0) is 42.3 Å². The number of rotatable bonds is 11. The largest absolute Gasteiger partial charge is 0.493 e. The highest BCUT2D eigenvalue weighted by molar-refractivity contribution is 7.79. The molecule has 0 fully saturated rings. The van der Waals surface area contributed by atoms with Crippen LogP contribution in [0, 0.1) is 0 Å². The first-order chi connectivity index (χ1) is 13.0. The summed E-state index contributed by atoms with van der Waals surface area (Å²) < 4.78 is 27.1. The van der Waals surface area contributed by atoms with E-state index in [1.165, 1.54) is 6.26 Å². The van der Waals surface area contributed by atoms with E-state index in [0.29, 0.717) is 25.4 Å². The second kappa shape index (κ2) is 10.7. The van der Waals surface area contributed by atoms with Gasteiger partial charge in [0.25, 0.3) is 0 Å². The van der Waals surface area contributed by atoms with Crippen molar-refractivity contribution >= 4 is 17.0 Å². The molecule has 0 aliphatic carbocycles. The fraction of sp³-hybridized carbons (Fsp3) is 0.350. The molecule has 146 valence electrons. The topological polar surface area (TPSA) is 82.1 Å². The predicted molar refractivity (Wildman–Crippen MR) is 104 cm³/mol. The Morgan fingerprint density at radius 3 is 2.19 bits per heavy atom. The number of aliphatic carboxylic acids is 1. The van der Waals surface area contributed by atoms with Crippen molar-refractivity contribution < 1.29 is 27.8 Å². The summed E-state index contributed by atoms with van der Waals surface area (Å²) in [5, 5.41) is 9.13. The smallest absolute Gasteiger partial charge is 0.333 e. The molecule has 2 rings (SSSR count). The Labute approximate surface area is 161 Å². The van der Waals surface area contributed by atoms with E-state index in [9.17, 15) is 9.00 Å². The van der Waals surface area contributed by atoms with Gasteiger partial charge < -0.3 is 18.8 Å². The molecule has 1 N–H and O–H groups in total. The van der Waals surface area contributed by atoms with E-state index in [0.717, 1.165) is 23.3 Å². The molecule has 7 heteroatoms. The third-order valence-corrected chi connectivity index (χ3v) is 4.21. The van der Waals surface area contributed by atoms with E-state index in [4.69, 9.17) is 18.8 Å². The first-order valence-corrected chi connectivity index (χ1v) is 10.1. The molecule has 2 aromatic rings. The molecule has 0 heterocycles. The molecule has 0 aliphatic rings. The average Bonchev–Trinajstić information content (AvgIpc) is 2.63.